The van der Waals surface area contributed by atoms with Gasteiger partial charge in [-0.3, -0.25) is 0 Å². The highest BCUT2D eigenvalue weighted by Gasteiger charge is 2.36. The number of sulfonamides is 1. The van der Waals surface area contributed by atoms with Crippen molar-refractivity contribution in [2.24, 2.45) is 10.2 Å². The molecule has 0 saturated heterocycles. The van der Waals surface area contributed by atoms with Crippen molar-refractivity contribution in [1.29, 1.82) is 0 Å². The molecule has 2 aromatic carbocycles. The van der Waals surface area contributed by atoms with Crippen molar-refractivity contribution in [1.82, 2.24) is 4.31 Å². The molecule has 0 spiro atoms. The molecule has 1 heterocycles. The van der Waals surface area contributed by atoms with Gasteiger partial charge in [-0.1, -0.05) is 30.3 Å². The summed E-state index contributed by atoms with van der Waals surface area (Å²) >= 11 is 0. The highest BCUT2D eigenvalue weighted by atomic mass is 32.2. The maximum absolute atomic E-state index is 14.0. The molecule has 0 bridgehead atoms. The molecule has 190 valence electrons. The lowest BCUT2D eigenvalue weighted by atomic mass is 10.1. The van der Waals surface area contributed by atoms with Crippen LogP contribution in [0.15, 0.2) is 71.4 Å². The van der Waals surface area contributed by atoms with Gasteiger partial charge in [0, 0.05) is 13.1 Å². The molecule has 0 amide bonds. The fourth-order valence-electron chi connectivity index (χ4n) is 3.99. The zero-order valence-electron chi connectivity index (χ0n) is 20.7. The van der Waals surface area contributed by atoms with Crippen LogP contribution in [-0.4, -0.2) is 44.6 Å². The van der Waals surface area contributed by atoms with E-state index in [0.29, 0.717) is 25.7 Å². The second kappa shape index (κ2) is 12.3. The van der Waals surface area contributed by atoms with Crippen LogP contribution in [-0.2, 0) is 27.8 Å². The Balaban J connectivity index is 1.88. The second-order valence-corrected chi connectivity index (χ2v) is 10.9. The maximum atomic E-state index is 14.0. The predicted molar refractivity (Wildman–Crippen MR) is 136 cm³/mol. The minimum Gasteiger partial charge on any atom is -0.497 e. The molecule has 9 heteroatoms. The molecule has 1 aliphatic heterocycles. The summed E-state index contributed by atoms with van der Waals surface area (Å²) < 4.78 is 45.8. The molecule has 0 aromatic heterocycles. The van der Waals surface area contributed by atoms with Crippen LogP contribution in [0.25, 0.3) is 0 Å². The lowest BCUT2D eigenvalue weighted by molar-refractivity contribution is 0.00332. The molecule has 0 aliphatic carbocycles. The minimum absolute atomic E-state index is 0.210. The molecular formula is C26H35N3O5S. The Kier molecular flexibility index (Phi) is 9.42. The number of nitrogens with zero attached hydrogens (tertiary/aromatic N) is 3. The van der Waals surface area contributed by atoms with E-state index in [2.05, 4.69) is 16.8 Å². The average molecular weight is 502 g/mol. The highest BCUT2D eigenvalue weighted by molar-refractivity contribution is 7.89. The quantitative estimate of drug-likeness (QED) is 0.327. The van der Waals surface area contributed by atoms with Gasteiger partial charge in [0.15, 0.2) is 12.5 Å². The first-order valence-electron chi connectivity index (χ1n) is 11.7. The first-order chi connectivity index (χ1) is 16.8. The number of ether oxygens (including phenoxy) is 3. The van der Waals surface area contributed by atoms with Gasteiger partial charge in [0.05, 0.1) is 19.5 Å². The van der Waals surface area contributed by atoms with Gasteiger partial charge in [0.25, 0.3) is 0 Å². The van der Waals surface area contributed by atoms with Gasteiger partial charge in [0.2, 0.25) is 10.0 Å². The zero-order valence-corrected chi connectivity index (χ0v) is 21.5. The standard InChI is InChI=1S/C26H35N3O5S/c1-5-6-7-25(16-17-26(2)28-27-20-34-26)35(30,31)29(18-21-8-12-23(32-3)13-9-21)19-22-10-14-24(33-4)15-11-22/h5,8-15,25H,1,6-7,16-20H2,2-4H3. The fraction of sp³-hybridized carbons (Fsp3) is 0.462. The van der Waals surface area contributed by atoms with E-state index in [0.717, 1.165) is 22.6 Å². The van der Waals surface area contributed by atoms with E-state index in [-0.39, 0.29) is 19.8 Å². The van der Waals surface area contributed by atoms with E-state index >= 15 is 0 Å². The Morgan fingerprint density at radius 1 is 1.03 bits per heavy atom. The summed E-state index contributed by atoms with van der Waals surface area (Å²) in [5.41, 5.74) is 0.981. The number of methoxy groups -OCH3 is 2. The molecule has 8 nitrogen and oxygen atoms in total. The summed E-state index contributed by atoms with van der Waals surface area (Å²) in [5.74, 6) is 1.45. The van der Waals surface area contributed by atoms with Crippen molar-refractivity contribution in [2.45, 2.75) is 56.7 Å². The van der Waals surface area contributed by atoms with Crippen LogP contribution in [0.5, 0.6) is 11.5 Å². The summed E-state index contributed by atoms with van der Waals surface area (Å²) in [7, 11) is -0.477. The molecule has 0 fully saturated rings. The van der Waals surface area contributed by atoms with Crippen LogP contribution in [0.4, 0.5) is 0 Å². The van der Waals surface area contributed by atoms with Crippen LogP contribution in [0.1, 0.15) is 43.7 Å². The highest BCUT2D eigenvalue weighted by Crippen LogP contribution is 2.30. The molecule has 2 aromatic rings. The first-order valence-corrected chi connectivity index (χ1v) is 13.2. The Labute approximate surface area is 208 Å². The number of hydrogen-bond acceptors (Lipinski definition) is 7. The second-order valence-electron chi connectivity index (χ2n) is 8.73. The molecule has 1 aliphatic rings. The van der Waals surface area contributed by atoms with E-state index in [1.54, 1.807) is 24.6 Å². The summed E-state index contributed by atoms with van der Waals surface area (Å²) in [5, 5.41) is 7.48. The smallest absolute Gasteiger partial charge is 0.217 e. The molecule has 2 atom stereocenters. The van der Waals surface area contributed by atoms with E-state index < -0.39 is 21.0 Å². The number of rotatable bonds is 14. The molecule has 0 radical (unpaired) electrons. The fourth-order valence-corrected chi connectivity index (χ4v) is 5.92. The van der Waals surface area contributed by atoms with Gasteiger partial charge in [-0.25, -0.2) is 8.42 Å². The SMILES string of the molecule is C=CCCC(CCC1(C)N=NCO1)S(=O)(=O)N(Cc1ccc(OC)cc1)Cc1ccc(OC)cc1. The molecule has 2 unspecified atom stereocenters. The third-order valence-corrected chi connectivity index (χ3v) is 8.45. The van der Waals surface area contributed by atoms with Crippen LogP contribution >= 0.6 is 0 Å². The van der Waals surface area contributed by atoms with Crippen molar-refractivity contribution in [2.75, 3.05) is 21.0 Å². The summed E-state index contributed by atoms with van der Waals surface area (Å²) in [6.07, 6.45) is 3.71. The Bertz CT molecular complexity index is 1040. The largest absolute Gasteiger partial charge is 0.497 e. The Morgan fingerprint density at radius 2 is 1.57 bits per heavy atom. The van der Waals surface area contributed by atoms with Crippen molar-refractivity contribution in [3.63, 3.8) is 0 Å². The monoisotopic (exact) mass is 501 g/mol. The topological polar surface area (TPSA) is 89.8 Å². The van der Waals surface area contributed by atoms with Crippen molar-refractivity contribution in [3.05, 3.63) is 72.3 Å². The van der Waals surface area contributed by atoms with Gasteiger partial charge >= 0.3 is 0 Å². The minimum atomic E-state index is -3.69. The van der Waals surface area contributed by atoms with Gasteiger partial charge in [0.1, 0.15) is 11.5 Å². The third kappa shape index (κ3) is 7.37. The van der Waals surface area contributed by atoms with Crippen LogP contribution in [0, 0.1) is 0 Å². The van der Waals surface area contributed by atoms with Gasteiger partial charge in [-0.15, -0.1) is 6.58 Å². The van der Waals surface area contributed by atoms with Gasteiger partial charge in [-0.05, 0) is 68.0 Å². The van der Waals surface area contributed by atoms with E-state index in [9.17, 15) is 8.42 Å². The predicted octanol–water partition coefficient (Wildman–Crippen LogP) is 5.31. The van der Waals surface area contributed by atoms with Crippen molar-refractivity contribution in [3.8, 4) is 11.5 Å². The Morgan fingerprint density at radius 3 is 2.00 bits per heavy atom. The van der Waals surface area contributed by atoms with E-state index in [1.807, 2.05) is 55.5 Å². The van der Waals surface area contributed by atoms with Crippen LogP contribution in [0.2, 0.25) is 0 Å². The summed E-state index contributed by atoms with van der Waals surface area (Å²) in [6, 6.07) is 14.9. The zero-order chi connectivity index (χ0) is 25.3. The summed E-state index contributed by atoms with van der Waals surface area (Å²) in [4.78, 5) is 0. The van der Waals surface area contributed by atoms with Crippen molar-refractivity contribution >= 4 is 10.0 Å². The van der Waals surface area contributed by atoms with Crippen LogP contribution < -0.4 is 9.47 Å². The number of hydrogen-bond donors (Lipinski definition) is 0. The molecule has 0 saturated carbocycles. The van der Waals surface area contributed by atoms with Gasteiger partial charge < -0.3 is 14.2 Å². The third-order valence-electron chi connectivity index (χ3n) is 6.16. The summed E-state index contributed by atoms with van der Waals surface area (Å²) in [6.45, 7) is 6.33. The van der Waals surface area contributed by atoms with Crippen molar-refractivity contribution < 1.29 is 22.6 Å². The molecule has 35 heavy (non-hydrogen) atoms. The normalized spacial score (nSPS) is 18.5. The van der Waals surface area contributed by atoms with Gasteiger partial charge in [-0.2, -0.15) is 14.5 Å². The lowest BCUT2D eigenvalue weighted by Gasteiger charge is -2.29. The average Bonchev–Trinajstić information content (AvgIpc) is 3.30. The van der Waals surface area contributed by atoms with E-state index in [1.165, 1.54) is 0 Å². The van der Waals surface area contributed by atoms with E-state index in [4.69, 9.17) is 14.2 Å². The number of allylic oxidation sites excluding steroid dienone is 1. The number of benzene rings is 2. The molecule has 3 rings (SSSR count). The first kappa shape index (κ1) is 26.8. The maximum Gasteiger partial charge on any atom is 0.217 e. The lowest BCUT2D eigenvalue weighted by Crippen LogP contribution is -2.39. The molecular weight excluding hydrogens is 466 g/mol. The molecule has 0 N–H and O–H groups in total. The number of azo groups is 1. The Hall–Kier alpha value is -2.75. The van der Waals surface area contributed by atoms with Crippen LogP contribution in [0.3, 0.4) is 0 Å².